The van der Waals surface area contributed by atoms with E-state index in [1.54, 1.807) is 31.2 Å². The SMILES string of the molecule is CC(c1ccc(Cl)cc1)N1Cc2cc(F)cc(C(F)(F)F)c2C1=O. The zero-order valence-corrected chi connectivity index (χ0v) is 13.2. The lowest BCUT2D eigenvalue weighted by Gasteiger charge is -2.25. The van der Waals surface area contributed by atoms with Crippen LogP contribution in [0, 0.1) is 5.82 Å². The number of hydrogen-bond acceptors (Lipinski definition) is 1. The lowest BCUT2D eigenvalue weighted by atomic mass is 10.0. The number of halogens is 5. The van der Waals surface area contributed by atoms with Crippen molar-refractivity contribution in [1.29, 1.82) is 0 Å². The van der Waals surface area contributed by atoms with Crippen molar-refractivity contribution in [1.82, 2.24) is 4.90 Å². The number of rotatable bonds is 2. The molecule has 1 unspecified atom stereocenters. The molecule has 24 heavy (non-hydrogen) atoms. The third-order valence-corrected chi connectivity index (χ3v) is 4.38. The summed E-state index contributed by atoms with van der Waals surface area (Å²) in [5, 5.41) is 0.517. The molecule has 126 valence electrons. The number of hydrogen-bond donors (Lipinski definition) is 0. The van der Waals surface area contributed by atoms with Crippen LogP contribution in [0.3, 0.4) is 0 Å². The fourth-order valence-electron chi connectivity index (χ4n) is 2.90. The van der Waals surface area contributed by atoms with E-state index in [0.717, 1.165) is 11.6 Å². The molecule has 2 aromatic carbocycles. The molecule has 0 saturated carbocycles. The largest absolute Gasteiger partial charge is 0.417 e. The van der Waals surface area contributed by atoms with E-state index in [0.29, 0.717) is 11.1 Å². The van der Waals surface area contributed by atoms with Crippen molar-refractivity contribution in [3.63, 3.8) is 0 Å². The molecule has 0 aromatic heterocycles. The van der Waals surface area contributed by atoms with Crippen molar-refractivity contribution in [2.75, 3.05) is 0 Å². The first-order valence-electron chi connectivity index (χ1n) is 7.14. The number of carbonyl (C=O) groups is 1. The van der Waals surface area contributed by atoms with Crippen molar-refractivity contribution in [2.24, 2.45) is 0 Å². The maximum absolute atomic E-state index is 13.5. The first kappa shape index (κ1) is 16.8. The van der Waals surface area contributed by atoms with Crippen LogP contribution >= 0.6 is 11.6 Å². The molecular formula is C17H12ClF4NO. The predicted molar refractivity (Wildman–Crippen MR) is 81.1 cm³/mol. The summed E-state index contributed by atoms with van der Waals surface area (Å²) in [6, 6.07) is 7.57. The van der Waals surface area contributed by atoms with Gasteiger partial charge in [0.05, 0.1) is 17.2 Å². The van der Waals surface area contributed by atoms with Crippen molar-refractivity contribution in [2.45, 2.75) is 25.7 Å². The predicted octanol–water partition coefficient (Wildman–Crippen LogP) is 5.21. The van der Waals surface area contributed by atoms with Gasteiger partial charge in [0.15, 0.2) is 0 Å². The second kappa shape index (κ2) is 5.77. The van der Waals surface area contributed by atoms with Gasteiger partial charge in [0, 0.05) is 11.6 Å². The van der Waals surface area contributed by atoms with Crippen LogP contribution in [0.2, 0.25) is 5.02 Å². The van der Waals surface area contributed by atoms with Gasteiger partial charge in [-0.15, -0.1) is 0 Å². The fraction of sp³-hybridized carbons (Fsp3) is 0.235. The van der Waals surface area contributed by atoms with Gasteiger partial charge in [-0.25, -0.2) is 4.39 Å². The molecule has 0 N–H and O–H groups in total. The smallest absolute Gasteiger partial charge is 0.328 e. The summed E-state index contributed by atoms with van der Waals surface area (Å²) in [4.78, 5) is 13.8. The highest BCUT2D eigenvalue weighted by Gasteiger charge is 2.42. The van der Waals surface area contributed by atoms with Gasteiger partial charge in [0.25, 0.3) is 5.91 Å². The van der Waals surface area contributed by atoms with Crippen LogP contribution in [0.4, 0.5) is 17.6 Å². The van der Waals surface area contributed by atoms with Crippen LogP contribution in [-0.4, -0.2) is 10.8 Å². The van der Waals surface area contributed by atoms with Gasteiger partial charge in [-0.05, 0) is 42.3 Å². The molecular weight excluding hydrogens is 346 g/mol. The maximum atomic E-state index is 13.5. The Hall–Kier alpha value is -2.08. The zero-order valence-electron chi connectivity index (χ0n) is 12.5. The second-order valence-electron chi connectivity index (χ2n) is 5.65. The third kappa shape index (κ3) is 2.86. The number of carbonyl (C=O) groups excluding carboxylic acids is 1. The molecule has 2 nitrogen and oxygen atoms in total. The number of alkyl halides is 3. The van der Waals surface area contributed by atoms with E-state index in [1.165, 1.54) is 4.90 Å². The van der Waals surface area contributed by atoms with Crippen LogP contribution in [0.15, 0.2) is 36.4 Å². The molecule has 0 fully saturated rings. The first-order chi connectivity index (χ1) is 11.2. The van der Waals surface area contributed by atoms with E-state index < -0.39 is 35.1 Å². The van der Waals surface area contributed by atoms with Gasteiger partial charge >= 0.3 is 6.18 Å². The van der Waals surface area contributed by atoms with Crippen molar-refractivity contribution < 1.29 is 22.4 Å². The summed E-state index contributed by atoms with van der Waals surface area (Å²) in [6.07, 6.45) is -4.79. The van der Waals surface area contributed by atoms with E-state index in [-0.39, 0.29) is 12.1 Å². The van der Waals surface area contributed by atoms with E-state index in [2.05, 4.69) is 0 Å². The van der Waals surface area contributed by atoms with Crippen molar-refractivity contribution in [3.8, 4) is 0 Å². The lowest BCUT2D eigenvalue weighted by molar-refractivity contribution is -0.138. The minimum atomic E-state index is -4.79. The van der Waals surface area contributed by atoms with Crippen LogP contribution in [0.25, 0.3) is 0 Å². The summed E-state index contributed by atoms with van der Waals surface area (Å²) in [7, 11) is 0. The van der Waals surface area contributed by atoms with Gasteiger partial charge in [-0.3, -0.25) is 4.79 Å². The Morgan fingerprint density at radius 2 is 1.79 bits per heavy atom. The molecule has 0 aliphatic carbocycles. The standard InChI is InChI=1S/C17H12ClF4NO/c1-9(10-2-4-12(18)5-3-10)23-8-11-6-13(19)7-14(17(20,21)22)15(11)16(23)24/h2-7,9H,8H2,1H3. The molecule has 0 bridgehead atoms. The maximum Gasteiger partial charge on any atom is 0.417 e. The molecule has 1 atom stereocenters. The summed E-state index contributed by atoms with van der Waals surface area (Å²) >= 11 is 5.82. The van der Waals surface area contributed by atoms with Crippen molar-refractivity contribution in [3.05, 3.63) is 69.5 Å². The highest BCUT2D eigenvalue weighted by molar-refractivity contribution is 6.30. The molecule has 1 heterocycles. The minimum Gasteiger partial charge on any atom is -0.328 e. The number of amides is 1. The third-order valence-electron chi connectivity index (χ3n) is 4.13. The quantitative estimate of drug-likeness (QED) is 0.675. The molecule has 0 spiro atoms. The lowest BCUT2D eigenvalue weighted by Crippen LogP contribution is -2.28. The molecule has 1 aliphatic rings. The average molecular weight is 358 g/mol. The van der Waals surface area contributed by atoms with Crippen LogP contribution in [0.1, 0.15) is 40.0 Å². The second-order valence-corrected chi connectivity index (χ2v) is 6.08. The topological polar surface area (TPSA) is 20.3 Å². The van der Waals surface area contributed by atoms with Crippen molar-refractivity contribution >= 4 is 17.5 Å². The molecule has 3 rings (SSSR count). The number of fused-ring (bicyclic) bond motifs is 1. The molecule has 0 radical (unpaired) electrons. The average Bonchev–Trinajstić information content (AvgIpc) is 2.82. The molecule has 2 aromatic rings. The Morgan fingerprint density at radius 3 is 2.38 bits per heavy atom. The first-order valence-corrected chi connectivity index (χ1v) is 7.52. The van der Waals surface area contributed by atoms with E-state index >= 15 is 0 Å². The molecule has 7 heteroatoms. The highest BCUT2D eigenvalue weighted by Crippen LogP contribution is 2.40. The number of nitrogens with zero attached hydrogens (tertiary/aromatic N) is 1. The summed E-state index contributed by atoms with van der Waals surface area (Å²) in [6.45, 7) is 1.63. The van der Waals surface area contributed by atoms with Crippen LogP contribution < -0.4 is 0 Å². The Balaban J connectivity index is 2.01. The Kier molecular flexibility index (Phi) is 4.03. The van der Waals surface area contributed by atoms with E-state index in [4.69, 9.17) is 11.6 Å². The monoisotopic (exact) mass is 357 g/mol. The minimum absolute atomic E-state index is 0.0492. The normalized spacial score (nSPS) is 15.6. The fourth-order valence-corrected chi connectivity index (χ4v) is 3.02. The van der Waals surface area contributed by atoms with Gasteiger partial charge in [0.2, 0.25) is 0 Å². The summed E-state index contributed by atoms with van der Waals surface area (Å²) < 4.78 is 53.0. The summed E-state index contributed by atoms with van der Waals surface area (Å²) in [5.41, 5.74) is -0.916. The van der Waals surface area contributed by atoms with Crippen LogP contribution in [0.5, 0.6) is 0 Å². The Labute approximate surface area is 140 Å². The highest BCUT2D eigenvalue weighted by atomic mass is 35.5. The van der Waals surface area contributed by atoms with Gasteiger partial charge in [0.1, 0.15) is 5.82 Å². The molecule has 1 aliphatic heterocycles. The van der Waals surface area contributed by atoms with Gasteiger partial charge in [-0.1, -0.05) is 23.7 Å². The zero-order chi connectivity index (χ0) is 17.6. The van der Waals surface area contributed by atoms with E-state index in [9.17, 15) is 22.4 Å². The molecule has 1 amide bonds. The van der Waals surface area contributed by atoms with E-state index in [1.807, 2.05) is 0 Å². The summed E-state index contributed by atoms with van der Waals surface area (Å²) in [5.74, 6) is -1.75. The van der Waals surface area contributed by atoms with Gasteiger partial charge in [-0.2, -0.15) is 13.2 Å². The number of benzene rings is 2. The Bertz CT molecular complexity index is 801. The molecule has 0 saturated heterocycles. The Morgan fingerprint density at radius 1 is 1.17 bits per heavy atom. The van der Waals surface area contributed by atoms with Gasteiger partial charge < -0.3 is 4.90 Å². The van der Waals surface area contributed by atoms with Crippen LogP contribution in [-0.2, 0) is 12.7 Å².